The Morgan fingerprint density at radius 2 is 1.89 bits per heavy atom. The van der Waals surface area contributed by atoms with Crippen LogP contribution in [0.4, 0.5) is 21.6 Å². The van der Waals surface area contributed by atoms with E-state index in [1.54, 1.807) is 19.2 Å². The van der Waals surface area contributed by atoms with Crippen LogP contribution in [-0.2, 0) is 0 Å². The summed E-state index contributed by atoms with van der Waals surface area (Å²) < 4.78 is 24.2. The molecule has 138 valence electrons. The van der Waals surface area contributed by atoms with Crippen LogP contribution in [0.25, 0.3) is 11.3 Å². The molecule has 27 heavy (non-hydrogen) atoms. The highest BCUT2D eigenvalue weighted by atomic mass is 19.1. The lowest BCUT2D eigenvalue weighted by atomic mass is 10.1. The van der Waals surface area contributed by atoms with Crippen molar-refractivity contribution in [3.05, 3.63) is 64.7 Å². The summed E-state index contributed by atoms with van der Waals surface area (Å²) in [4.78, 5) is 18.7. The molecule has 1 N–H and O–H groups in total. The van der Waals surface area contributed by atoms with Crippen molar-refractivity contribution >= 4 is 17.2 Å². The van der Waals surface area contributed by atoms with Crippen molar-refractivity contribution in [3.8, 4) is 22.8 Å². The molecule has 3 aromatic rings. The molecule has 0 aliphatic carbocycles. The van der Waals surface area contributed by atoms with Gasteiger partial charge in [-0.25, -0.2) is 14.4 Å². The van der Waals surface area contributed by atoms with Gasteiger partial charge in [-0.1, -0.05) is 12.1 Å². The molecule has 0 aliphatic heterocycles. The second-order valence-corrected chi connectivity index (χ2v) is 5.38. The number of rotatable bonds is 6. The first-order chi connectivity index (χ1) is 13.0. The Hall–Kier alpha value is -3.75. The fraction of sp³-hybridized carbons (Fsp3) is 0.111. The molecule has 9 heteroatoms. The highest BCUT2D eigenvalue weighted by Crippen LogP contribution is 2.34. The van der Waals surface area contributed by atoms with Crippen LogP contribution in [-0.4, -0.2) is 29.1 Å². The zero-order chi connectivity index (χ0) is 19.4. The summed E-state index contributed by atoms with van der Waals surface area (Å²) in [5.74, 6) is -0.311. The molecule has 0 spiro atoms. The summed E-state index contributed by atoms with van der Waals surface area (Å²) >= 11 is 0. The summed E-state index contributed by atoms with van der Waals surface area (Å²) in [6.45, 7) is 0. The Morgan fingerprint density at radius 1 is 1.11 bits per heavy atom. The number of anilines is 2. The molecule has 1 aromatic heterocycles. The fourth-order valence-corrected chi connectivity index (χ4v) is 2.57. The van der Waals surface area contributed by atoms with Gasteiger partial charge in [0, 0.05) is 29.4 Å². The molecule has 2 aromatic carbocycles. The minimum absolute atomic E-state index is 0.157. The molecule has 0 saturated heterocycles. The summed E-state index contributed by atoms with van der Waals surface area (Å²) in [7, 11) is 2.72. The SMILES string of the molecule is COc1ccccc1-c1cc(Nc2cc(F)c(OC)c([N+](=O)[O-])c2)ncn1. The summed E-state index contributed by atoms with van der Waals surface area (Å²) in [6, 6.07) is 11.2. The van der Waals surface area contributed by atoms with Gasteiger partial charge in [-0.3, -0.25) is 10.1 Å². The first kappa shape index (κ1) is 18.1. The minimum atomic E-state index is -0.854. The number of nitro benzene ring substituents is 1. The predicted octanol–water partition coefficient (Wildman–Crippen LogP) is 3.95. The summed E-state index contributed by atoms with van der Waals surface area (Å²) in [6.07, 6.45) is 1.33. The Balaban J connectivity index is 1.97. The second kappa shape index (κ2) is 7.65. The van der Waals surface area contributed by atoms with Gasteiger partial charge >= 0.3 is 5.69 Å². The van der Waals surface area contributed by atoms with Gasteiger partial charge in [0.1, 0.15) is 17.9 Å². The molecule has 3 rings (SSSR count). The van der Waals surface area contributed by atoms with Crippen molar-refractivity contribution in [2.45, 2.75) is 0 Å². The predicted molar refractivity (Wildman–Crippen MR) is 96.9 cm³/mol. The van der Waals surface area contributed by atoms with E-state index in [9.17, 15) is 14.5 Å². The van der Waals surface area contributed by atoms with E-state index < -0.39 is 22.2 Å². The Morgan fingerprint density at radius 3 is 2.59 bits per heavy atom. The quantitative estimate of drug-likeness (QED) is 0.518. The highest BCUT2D eigenvalue weighted by Gasteiger charge is 2.21. The monoisotopic (exact) mass is 370 g/mol. The molecule has 0 aliphatic rings. The van der Waals surface area contributed by atoms with Crippen LogP contribution in [0.5, 0.6) is 11.5 Å². The van der Waals surface area contributed by atoms with E-state index in [0.29, 0.717) is 17.3 Å². The average Bonchev–Trinajstić information content (AvgIpc) is 2.67. The van der Waals surface area contributed by atoms with Gasteiger partial charge in [0.25, 0.3) is 0 Å². The maximum Gasteiger partial charge on any atom is 0.316 e. The molecule has 0 fully saturated rings. The van der Waals surface area contributed by atoms with Crippen molar-refractivity contribution in [2.75, 3.05) is 19.5 Å². The van der Waals surface area contributed by atoms with E-state index in [2.05, 4.69) is 15.3 Å². The molecule has 8 nitrogen and oxygen atoms in total. The molecule has 0 amide bonds. The number of para-hydroxylation sites is 1. The number of hydrogen-bond donors (Lipinski definition) is 1. The topological polar surface area (TPSA) is 99.4 Å². The van der Waals surface area contributed by atoms with Crippen LogP contribution in [0, 0.1) is 15.9 Å². The number of hydrogen-bond acceptors (Lipinski definition) is 7. The Kier molecular flexibility index (Phi) is 5.11. The number of benzene rings is 2. The molecular formula is C18H15FN4O4. The van der Waals surface area contributed by atoms with E-state index in [1.165, 1.54) is 19.5 Å². The van der Waals surface area contributed by atoms with Crippen molar-refractivity contribution in [3.63, 3.8) is 0 Å². The largest absolute Gasteiger partial charge is 0.496 e. The van der Waals surface area contributed by atoms with E-state index in [-0.39, 0.29) is 5.69 Å². The Bertz CT molecular complexity index is 997. The molecule has 1 heterocycles. The highest BCUT2D eigenvalue weighted by molar-refractivity contribution is 5.71. The molecular weight excluding hydrogens is 355 g/mol. The van der Waals surface area contributed by atoms with E-state index in [0.717, 1.165) is 11.6 Å². The fourth-order valence-electron chi connectivity index (χ4n) is 2.57. The lowest BCUT2D eigenvalue weighted by Crippen LogP contribution is -2.01. The summed E-state index contributed by atoms with van der Waals surface area (Å²) in [5, 5.41) is 14.0. The van der Waals surface area contributed by atoms with Crippen LogP contribution in [0.1, 0.15) is 0 Å². The molecule has 0 radical (unpaired) electrons. The number of nitrogens with zero attached hydrogens (tertiary/aromatic N) is 3. The van der Waals surface area contributed by atoms with Gasteiger partial charge in [-0.05, 0) is 12.1 Å². The number of aromatic nitrogens is 2. The van der Waals surface area contributed by atoms with Crippen molar-refractivity contribution < 1.29 is 18.8 Å². The van der Waals surface area contributed by atoms with Crippen LogP contribution < -0.4 is 14.8 Å². The van der Waals surface area contributed by atoms with Gasteiger partial charge < -0.3 is 14.8 Å². The maximum absolute atomic E-state index is 14.1. The first-order valence-electron chi connectivity index (χ1n) is 7.78. The van der Waals surface area contributed by atoms with Crippen LogP contribution in [0.2, 0.25) is 0 Å². The lowest BCUT2D eigenvalue weighted by molar-refractivity contribution is -0.385. The standard InChI is InChI=1S/C18H15FN4O4/c1-26-16-6-4-3-5-12(16)14-9-17(21-10-20-14)22-11-7-13(19)18(27-2)15(8-11)23(24)25/h3-10H,1-2H3,(H,20,21,22). The van der Waals surface area contributed by atoms with Crippen LogP contribution in [0.15, 0.2) is 48.8 Å². The first-order valence-corrected chi connectivity index (χ1v) is 7.78. The van der Waals surface area contributed by atoms with Gasteiger partial charge in [-0.2, -0.15) is 0 Å². The van der Waals surface area contributed by atoms with E-state index in [4.69, 9.17) is 9.47 Å². The average molecular weight is 370 g/mol. The smallest absolute Gasteiger partial charge is 0.316 e. The van der Waals surface area contributed by atoms with Gasteiger partial charge in [0.05, 0.1) is 24.8 Å². The molecule has 0 saturated carbocycles. The van der Waals surface area contributed by atoms with Crippen molar-refractivity contribution in [1.82, 2.24) is 9.97 Å². The Labute approximate surface area is 153 Å². The number of nitro groups is 1. The second-order valence-electron chi connectivity index (χ2n) is 5.38. The van der Waals surface area contributed by atoms with Crippen LogP contribution >= 0.6 is 0 Å². The van der Waals surface area contributed by atoms with E-state index in [1.807, 2.05) is 18.2 Å². The third-order valence-corrected chi connectivity index (χ3v) is 3.75. The van der Waals surface area contributed by atoms with Gasteiger partial charge in [0.2, 0.25) is 5.75 Å². The van der Waals surface area contributed by atoms with Crippen molar-refractivity contribution in [2.24, 2.45) is 0 Å². The maximum atomic E-state index is 14.1. The number of nitrogens with one attached hydrogen (secondary N) is 1. The lowest BCUT2D eigenvalue weighted by Gasteiger charge is -2.11. The minimum Gasteiger partial charge on any atom is -0.496 e. The zero-order valence-electron chi connectivity index (χ0n) is 14.5. The normalized spacial score (nSPS) is 10.3. The van der Waals surface area contributed by atoms with Crippen molar-refractivity contribution in [1.29, 1.82) is 0 Å². The third-order valence-electron chi connectivity index (χ3n) is 3.75. The number of methoxy groups -OCH3 is 2. The molecule has 0 atom stereocenters. The van der Waals surface area contributed by atoms with Gasteiger partial charge in [-0.15, -0.1) is 0 Å². The number of ether oxygens (including phenoxy) is 2. The molecule has 0 bridgehead atoms. The third kappa shape index (κ3) is 3.76. The summed E-state index contributed by atoms with van der Waals surface area (Å²) in [5.41, 5.74) is 0.995. The van der Waals surface area contributed by atoms with Gasteiger partial charge in [0.15, 0.2) is 5.82 Å². The zero-order valence-corrected chi connectivity index (χ0v) is 14.5. The number of halogens is 1. The van der Waals surface area contributed by atoms with Crippen LogP contribution in [0.3, 0.4) is 0 Å². The molecule has 0 unspecified atom stereocenters. The van der Waals surface area contributed by atoms with E-state index >= 15 is 0 Å².